The van der Waals surface area contributed by atoms with E-state index in [2.05, 4.69) is 15.9 Å². The minimum Gasteiger partial charge on any atom is -0.493 e. The van der Waals surface area contributed by atoms with Crippen molar-refractivity contribution in [3.05, 3.63) is 22.2 Å². The second kappa shape index (κ2) is 5.14. The minimum atomic E-state index is -0.453. The summed E-state index contributed by atoms with van der Waals surface area (Å²) >= 11 is 3.26. The normalized spacial score (nSPS) is 9.87. The van der Waals surface area contributed by atoms with Gasteiger partial charge in [0.15, 0.2) is 11.5 Å². The zero-order valence-electron chi connectivity index (χ0n) is 8.41. The Bertz CT molecular complexity index is 351. The molecule has 0 radical (unpaired) electrons. The van der Waals surface area contributed by atoms with Crippen molar-refractivity contribution in [2.45, 2.75) is 13.5 Å². The lowest BCUT2D eigenvalue weighted by Gasteiger charge is -2.12. The molecular formula is C10H11BrO4. The molecule has 1 rings (SSSR count). The number of esters is 1. The third kappa shape index (κ3) is 2.94. The average molecular weight is 275 g/mol. The molecule has 1 aromatic carbocycles. The summed E-state index contributed by atoms with van der Waals surface area (Å²) in [4.78, 5) is 10.9. The number of hydrogen-bond donors (Lipinski definition) is 1. The molecule has 0 amide bonds. The van der Waals surface area contributed by atoms with Gasteiger partial charge in [-0.2, -0.15) is 0 Å². The molecule has 0 fully saturated rings. The summed E-state index contributed by atoms with van der Waals surface area (Å²) in [7, 11) is 1.47. The highest BCUT2D eigenvalue weighted by atomic mass is 79.9. The molecule has 0 unspecified atom stereocenters. The summed E-state index contributed by atoms with van der Waals surface area (Å²) in [6.45, 7) is 1.07. The van der Waals surface area contributed by atoms with Gasteiger partial charge < -0.3 is 14.6 Å². The number of benzene rings is 1. The minimum absolute atomic E-state index is 0.224. The number of aliphatic hydroxyl groups is 1. The lowest BCUT2D eigenvalue weighted by atomic mass is 10.2. The number of ether oxygens (including phenoxy) is 2. The first-order valence-electron chi connectivity index (χ1n) is 4.24. The van der Waals surface area contributed by atoms with Crippen LogP contribution in [0.1, 0.15) is 12.5 Å². The highest BCUT2D eigenvalue weighted by molar-refractivity contribution is 9.10. The lowest BCUT2D eigenvalue weighted by molar-refractivity contribution is -0.132. The van der Waals surface area contributed by atoms with Gasteiger partial charge in [0.25, 0.3) is 0 Å². The fourth-order valence-electron chi connectivity index (χ4n) is 1.15. The Balaban J connectivity index is 3.23. The molecule has 0 heterocycles. The van der Waals surface area contributed by atoms with Crippen molar-refractivity contribution in [3.8, 4) is 11.5 Å². The highest BCUT2D eigenvalue weighted by Gasteiger charge is 2.13. The van der Waals surface area contributed by atoms with Gasteiger partial charge in [0.2, 0.25) is 0 Å². The van der Waals surface area contributed by atoms with E-state index in [4.69, 9.17) is 14.6 Å². The molecule has 1 aromatic rings. The largest absolute Gasteiger partial charge is 0.493 e. The third-order valence-corrected chi connectivity index (χ3v) is 2.19. The number of hydrogen-bond acceptors (Lipinski definition) is 4. The van der Waals surface area contributed by atoms with Crippen molar-refractivity contribution in [3.63, 3.8) is 0 Å². The van der Waals surface area contributed by atoms with Crippen LogP contribution in [-0.2, 0) is 11.4 Å². The Morgan fingerprint density at radius 2 is 2.20 bits per heavy atom. The van der Waals surface area contributed by atoms with E-state index >= 15 is 0 Å². The molecule has 82 valence electrons. The quantitative estimate of drug-likeness (QED) is 0.676. The summed E-state index contributed by atoms with van der Waals surface area (Å²) in [6.07, 6.45) is 0. The van der Waals surface area contributed by atoms with Crippen LogP contribution in [0, 0.1) is 0 Å². The van der Waals surface area contributed by atoms with Crippen LogP contribution in [0.15, 0.2) is 16.6 Å². The first kappa shape index (κ1) is 12.0. The van der Waals surface area contributed by atoms with Gasteiger partial charge in [-0.3, -0.25) is 4.79 Å². The molecule has 0 aliphatic carbocycles. The van der Waals surface area contributed by atoms with Crippen LogP contribution in [0.4, 0.5) is 0 Å². The molecule has 4 nitrogen and oxygen atoms in total. The van der Waals surface area contributed by atoms with E-state index in [0.29, 0.717) is 11.3 Å². The molecule has 0 aliphatic heterocycles. The van der Waals surface area contributed by atoms with Crippen molar-refractivity contribution in [1.29, 1.82) is 0 Å². The van der Waals surface area contributed by atoms with Crippen LogP contribution in [0.3, 0.4) is 0 Å². The molecule has 1 N–H and O–H groups in total. The molecular weight excluding hydrogens is 264 g/mol. The van der Waals surface area contributed by atoms with Gasteiger partial charge in [-0.05, 0) is 12.1 Å². The highest BCUT2D eigenvalue weighted by Crippen LogP contribution is 2.34. The smallest absolute Gasteiger partial charge is 0.308 e. The van der Waals surface area contributed by atoms with Crippen LogP contribution < -0.4 is 9.47 Å². The fraction of sp³-hybridized carbons (Fsp3) is 0.300. The average Bonchev–Trinajstić information content (AvgIpc) is 2.19. The summed E-state index contributed by atoms with van der Waals surface area (Å²) in [5.74, 6) is 0.213. The van der Waals surface area contributed by atoms with E-state index in [0.717, 1.165) is 4.47 Å². The van der Waals surface area contributed by atoms with Crippen LogP contribution in [0.25, 0.3) is 0 Å². The zero-order valence-corrected chi connectivity index (χ0v) is 10.00. The summed E-state index contributed by atoms with van der Waals surface area (Å²) in [5, 5.41) is 9.11. The summed E-state index contributed by atoms with van der Waals surface area (Å²) < 4.78 is 10.8. The fourth-order valence-corrected chi connectivity index (χ4v) is 1.64. The number of carbonyl (C=O) groups excluding carboxylic acids is 1. The molecule has 5 heteroatoms. The molecule has 0 atom stereocenters. The van der Waals surface area contributed by atoms with Gasteiger partial charge in [-0.25, -0.2) is 0 Å². The second-order valence-corrected chi connectivity index (χ2v) is 3.76. The Hall–Kier alpha value is -1.07. The molecule has 0 saturated heterocycles. The monoisotopic (exact) mass is 274 g/mol. The van der Waals surface area contributed by atoms with E-state index in [1.54, 1.807) is 12.1 Å². The standard InChI is InChI=1S/C10H11BrO4/c1-6(13)15-10-7(5-12)3-8(11)4-9(10)14-2/h3-4,12H,5H2,1-2H3. The Kier molecular flexibility index (Phi) is 4.11. The van der Waals surface area contributed by atoms with Gasteiger partial charge in [0, 0.05) is 17.0 Å². The Morgan fingerprint density at radius 3 is 2.67 bits per heavy atom. The molecule has 15 heavy (non-hydrogen) atoms. The maximum atomic E-state index is 10.9. The maximum Gasteiger partial charge on any atom is 0.308 e. The van der Waals surface area contributed by atoms with Crippen molar-refractivity contribution in [2.75, 3.05) is 7.11 Å². The van der Waals surface area contributed by atoms with Gasteiger partial charge >= 0.3 is 5.97 Å². The molecule has 0 saturated carbocycles. The van der Waals surface area contributed by atoms with Crippen molar-refractivity contribution in [2.24, 2.45) is 0 Å². The van der Waals surface area contributed by atoms with Gasteiger partial charge in [0.1, 0.15) is 0 Å². The van der Waals surface area contributed by atoms with E-state index in [1.165, 1.54) is 14.0 Å². The third-order valence-electron chi connectivity index (χ3n) is 1.73. The molecule has 0 aromatic heterocycles. The van der Waals surface area contributed by atoms with Gasteiger partial charge in [-0.15, -0.1) is 0 Å². The van der Waals surface area contributed by atoms with E-state index in [-0.39, 0.29) is 12.4 Å². The molecule has 0 aliphatic rings. The molecule has 0 bridgehead atoms. The number of rotatable bonds is 3. The number of methoxy groups -OCH3 is 1. The lowest BCUT2D eigenvalue weighted by Crippen LogP contribution is -2.06. The summed E-state index contributed by atoms with van der Waals surface area (Å²) in [5.41, 5.74) is 0.497. The van der Waals surface area contributed by atoms with Crippen molar-refractivity contribution < 1.29 is 19.4 Å². The topological polar surface area (TPSA) is 55.8 Å². The van der Waals surface area contributed by atoms with E-state index in [9.17, 15) is 4.79 Å². The van der Waals surface area contributed by atoms with Crippen LogP contribution >= 0.6 is 15.9 Å². The second-order valence-electron chi connectivity index (χ2n) is 2.85. The van der Waals surface area contributed by atoms with E-state index in [1.807, 2.05) is 0 Å². The van der Waals surface area contributed by atoms with Gasteiger partial charge in [0.05, 0.1) is 13.7 Å². The SMILES string of the molecule is COc1cc(Br)cc(CO)c1OC(C)=O. The van der Waals surface area contributed by atoms with Crippen LogP contribution in [0.5, 0.6) is 11.5 Å². The van der Waals surface area contributed by atoms with Crippen molar-refractivity contribution in [1.82, 2.24) is 0 Å². The Morgan fingerprint density at radius 1 is 1.53 bits per heavy atom. The predicted octanol–water partition coefficient (Wildman–Crippen LogP) is 1.88. The molecule has 0 spiro atoms. The zero-order chi connectivity index (χ0) is 11.4. The van der Waals surface area contributed by atoms with Crippen LogP contribution in [-0.4, -0.2) is 18.2 Å². The van der Waals surface area contributed by atoms with Crippen LogP contribution in [0.2, 0.25) is 0 Å². The van der Waals surface area contributed by atoms with Gasteiger partial charge in [-0.1, -0.05) is 15.9 Å². The number of aliphatic hydroxyl groups excluding tert-OH is 1. The predicted molar refractivity (Wildman–Crippen MR) is 57.9 cm³/mol. The maximum absolute atomic E-state index is 10.9. The number of carbonyl (C=O) groups is 1. The summed E-state index contributed by atoms with van der Waals surface area (Å²) in [6, 6.07) is 3.33. The van der Waals surface area contributed by atoms with Crippen molar-refractivity contribution >= 4 is 21.9 Å². The Labute approximate surface area is 95.9 Å². The number of halogens is 1. The first-order valence-corrected chi connectivity index (χ1v) is 5.03. The first-order chi connectivity index (χ1) is 7.08. The van der Waals surface area contributed by atoms with E-state index < -0.39 is 5.97 Å².